The van der Waals surface area contributed by atoms with Gasteiger partial charge in [-0.05, 0) is 42.0 Å². The van der Waals surface area contributed by atoms with E-state index in [0.717, 1.165) is 18.2 Å². The highest BCUT2D eigenvalue weighted by molar-refractivity contribution is 7.92. The zero-order valence-corrected chi connectivity index (χ0v) is 14.1. The van der Waals surface area contributed by atoms with Gasteiger partial charge in [-0.1, -0.05) is 12.1 Å². The molecule has 0 spiro atoms. The Labute approximate surface area is 151 Å². The molecule has 2 aromatic carbocycles. The lowest BCUT2D eigenvalue weighted by atomic mass is 10.2. The molecule has 0 aliphatic carbocycles. The number of hydrogen-bond acceptors (Lipinski definition) is 4. The van der Waals surface area contributed by atoms with Gasteiger partial charge in [-0.25, -0.2) is 18.3 Å². The molecule has 0 atom stereocenters. The van der Waals surface area contributed by atoms with E-state index in [-0.39, 0.29) is 16.5 Å². The molecule has 2 aromatic rings. The van der Waals surface area contributed by atoms with Crippen molar-refractivity contribution >= 4 is 27.7 Å². The Kier molecular flexibility index (Phi) is 5.86. The molecule has 0 aromatic heterocycles. The van der Waals surface area contributed by atoms with Gasteiger partial charge in [0, 0.05) is 6.08 Å². The molecular formula is C16H12F4N2O4S. The lowest BCUT2D eigenvalue weighted by molar-refractivity contribution is -0.137. The Bertz CT molecular complexity index is 988. The molecule has 1 amide bonds. The number of sulfonamides is 1. The van der Waals surface area contributed by atoms with Gasteiger partial charge in [0.15, 0.2) is 0 Å². The van der Waals surface area contributed by atoms with E-state index in [2.05, 4.69) is 0 Å². The maximum atomic E-state index is 13.1. The minimum Gasteiger partial charge on any atom is -0.288 e. The zero-order chi connectivity index (χ0) is 20.2. The third-order valence-electron chi connectivity index (χ3n) is 3.24. The fourth-order valence-corrected chi connectivity index (χ4v) is 3.17. The van der Waals surface area contributed by atoms with E-state index < -0.39 is 39.2 Å². The van der Waals surface area contributed by atoms with Gasteiger partial charge in [0.1, 0.15) is 5.82 Å². The second-order valence-electron chi connectivity index (χ2n) is 5.18. The minimum absolute atomic E-state index is 0.185. The minimum atomic E-state index is -4.97. The SMILES string of the molecule is O=C(/C=C/c1cccc(S(=O)(=O)Nc2ccc(F)cc2C(F)(F)F)c1)NO. The Morgan fingerprint density at radius 3 is 2.44 bits per heavy atom. The van der Waals surface area contributed by atoms with Gasteiger partial charge in [-0.2, -0.15) is 13.2 Å². The monoisotopic (exact) mass is 404 g/mol. The maximum absolute atomic E-state index is 13.1. The first-order chi connectivity index (χ1) is 12.5. The van der Waals surface area contributed by atoms with Crippen molar-refractivity contribution < 1.29 is 36.0 Å². The Balaban J connectivity index is 2.38. The van der Waals surface area contributed by atoms with Crippen molar-refractivity contribution in [1.29, 1.82) is 0 Å². The summed E-state index contributed by atoms with van der Waals surface area (Å²) in [5.74, 6) is -2.03. The average Bonchev–Trinajstić information content (AvgIpc) is 2.60. The van der Waals surface area contributed by atoms with Crippen LogP contribution in [0.1, 0.15) is 11.1 Å². The molecule has 0 radical (unpaired) electrons. The molecule has 0 aliphatic rings. The van der Waals surface area contributed by atoms with Crippen molar-refractivity contribution in [3.63, 3.8) is 0 Å². The van der Waals surface area contributed by atoms with Crippen LogP contribution in [-0.2, 0) is 21.0 Å². The summed E-state index contributed by atoms with van der Waals surface area (Å²) >= 11 is 0. The molecule has 2 rings (SSSR count). The Hall–Kier alpha value is -2.92. The molecular weight excluding hydrogens is 392 g/mol. The molecule has 27 heavy (non-hydrogen) atoms. The van der Waals surface area contributed by atoms with Gasteiger partial charge in [0.2, 0.25) is 0 Å². The first-order valence-corrected chi connectivity index (χ1v) is 8.63. The van der Waals surface area contributed by atoms with E-state index in [1.165, 1.54) is 23.7 Å². The average molecular weight is 404 g/mol. The van der Waals surface area contributed by atoms with Crippen molar-refractivity contribution in [3.8, 4) is 0 Å². The van der Waals surface area contributed by atoms with Gasteiger partial charge in [-0.15, -0.1) is 0 Å². The number of halogens is 4. The Morgan fingerprint density at radius 1 is 1.11 bits per heavy atom. The molecule has 0 unspecified atom stereocenters. The smallest absolute Gasteiger partial charge is 0.288 e. The second kappa shape index (κ2) is 7.76. The molecule has 0 bridgehead atoms. The molecule has 3 N–H and O–H groups in total. The normalized spacial score (nSPS) is 12.2. The number of carbonyl (C=O) groups is 1. The predicted octanol–water partition coefficient (Wildman–Crippen LogP) is 3.16. The fourth-order valence-electron chi connectivity index (χ4n) is 2.04. The first kappa shape index (κ1) is 20.4. The van der Waals surface area contributed by atoms with Crippen LogP contribution in [0.2, 0.25) is 0 Å². The number of hydrogen-bond donors (Lipinski definition) is 3. The lowest BCUT2D eigenvalue weighted by Gasteiger charge is -2.15. The van der Waals surface area contributed by atoms with Crippen LogP contribution in [0.3, 0.4) is 0 Å². The van der Waals surface area contributed by atoms with Crippen molar-refractivity contribution in [3.05, 3.63) is 65.5 Å². The summed E-state index contributed by atoms with van der Waals surface area (Å²) < 4.78 is 78.7. The van der Waals surface area contributed by atoms with Crippen LogP contribution in [0, 0.1) is 5.82 Å². The summed E-state index contributed by atoms with van der Waals surface area (Å²) in [6, 6.07) is 6.51. The standard InChI is InChI=1S/C16H12F4N2O4S/c17-11-5-6-14(13(9-11)16(18,19)20)22-27(25,26)12-3-1-2-10(8-12)4-7-15(23)21-24/h1-9,22,24H,(H,21,23)/b7-4+. The van der Waals surface area contributed by atoms with Crippen LogP contribution in [0.4, 0.5) is 23.2 Å². The highest BCUT2D eigenvalue weighted by Crippen LogP contribution is 2.36. The van der Waals surface area contributed by atoms with Gasteiger partial charge in [0.05, 0.1) is 16.1 Å². The van der Waals surface area contributed by atoms with Gasteiger partial charge < -0.3 is 0 Å². The van der Waals surface area contributed by atoms with Crippen LogP contribution < -0.4 is 10.2 Å². The quantitative estimate of drug-likeness (QED) is 0.309. The topological polar surface area (TPSA) is 95.5 Å². The Morgan fingerprint density at radius 2 is 1.81 bits per heavy atom. The van der Waals surface area contributed by atoms with Crippen molar-refractivity contribution in [2.24, 2.45) is 0 Å². The summed E-state index contributed by atoms with van der Waals surface area (Å²) in [4.78, 5) is 10.6. The van der Waals surface area contributed by atoms with Crippen LogP contribution in [-0.4, -0.2) is 19.5 Å². The molecule has 0 fully saturated rings. The van der Waals surface area contributed by atoms with E-state index in [9.17, 15) is 30.8 Å². The van der Waals surface area contributed by atoms with Crippen LogP contribution in [0.15, 0.2) is 53.4 Å². The number of carbonyl (C=O) groups excluding carboxylic acids is 1. The number of alkyl halides is 3. The summed E-state index contributed by atoms with van der Waals surface area (Å²) in [6.45, 7) is 0. The predicted molar refractivity (Wildman–Crippen MR) is 87.6 cm³/mol. The molecule has 11 heteroatoms. The van der Waals surface area contributed by atoms with E-state index in [1.807, 2.05) is 0 Å². The summed E-state index contributed by atoms with van der Waals surface area (Å²) in [7, 11) is -4.43. The number of anilines is 1. The second-order valence-corrected chi connectivity index (χ2v) is 6.86. The molecule has 0 aliphatic heterocycles. The van der Waals surface area contributed by atoms with Crippen molar-refractivity contribution in [2.45, 2.75) is 11.1 Å². The summed E-state index contributed by atoms with van der Waals surface area (Å²) in [5.41, 5.74) is -0.723. The molecule has 144 valence electrons. The van der Waals surface area contributed by atoms with Crippen LogP contribution in [0.5, 0.6) is 0 Å². The fraction of sp³-hybridized carbons (Fsp3) is 0.0625. The molecule has 6 nitrogen and oxygen atoms in total. The van der Waals surface area contributed by atoms with E-state index in [4.69, 9.17) is 5.21 Å². The van der Waals surface area contributed by atoms with E-state index >= 15 is 0 Å². The van der Waals surface area contributed by atoms with Gasteiger partial charge >= 0.3 is 6.18 Å². The van der Waals surface area contributed by atoms with E-state index in [0.29, 0.717) is 12.1 Å². The summed E-state index contributed by atoms with van der Waals surface area (Å²) in [6.07, 6.45) is -2.87. The van der Waals surface area contributed by atoms with Crippen molar-refractivity contribution in [2.75, 3.05) is 4.72 Å². The van der Waals surface area contributed by atoms with Gasteiger partial charge in [0.25, 0.3) is 15.9 Å². The van der Waals surface area contributed by atoms with Crippen LogP contribution in [0.25, 0.3) is 6.08 Å². The third-order valence-corrected chi connectivity index (χ3v) is 4.60. The van der Waals surface area contributed by atoms with E-state index in [1.54, 1.807) is 4.72 Å². The van der Waals surface area contributed by atoms with Gasteiger partial charge in [-0.3, -0.25) is 14.7 Å². The number of benzene rings is 2. The maximum Gasteiger partial charge on any atom is 0.418 e. The molecule has 0 saturated carbocycles. The number of amides is 1. The highest BCUT2D eigenvalue weighted by Gasteiger charge is 2.35. The first-order valence-electron chi connectivity index (χ1n) is 7.15. The third kappa shape index (κ3) is 5.28. The lowest BCUT2D eigenvalue weighted by Crippen LogP contribution is -2.17. The summed E-state index contributed by atoms with van der Waals surface area (Å²) in [5, 5.41) is 8.40. The zero-order valence-electron chi connectivity index (χ0n) is 13.3. The van der Waals surface area contributed by atoms with Crippen molar-refractivity contribution in [1.82, 2.24) is 5.48 Å². The molecule has 0 saturated heterocycles. The number of nitrogens with one attached hydrogen (secondary N) is 2. The number of rotatable bonds is 5. The van der Waals surface area contributed by atoms with Crippen LogP contribution >= 0.6 is 0 Å². The highest BCUT2D eigenvalue weighted by atomic mass is 32.2. The number of hydroxylamine groups is 1. The largest absolute Gasteiger partial charge is 0.418 e. The molecule has 0 heterocycles.